The lowest BCUT2D eigenvalue weighted by Crippen LogP contribution is -1.94. The predicted molar refractivity (Wildman–Crippen MR) is 82.9 cm³/mol. The third-order valence-corrected chi connectivity index (χ3v) is 3.39. The molecular formula is C16H10Cl2N2. The molecule has 2 aromatic carbocycles. The van der Waals surface area contributed by atoms with E-state index in [0.29, 0.717) is 5.15 Å². The van der Waals surface area contributed by atoms with Gasteiger partial charge in [0.2, 0.25) is 5.28 Å². The Bertz CT molecular complexity index is 728. The van der Waals surface area contributed by atoms with Crippen molar-refractivity contribution < 1.29 is 0 Å². The average molecular weight is 301 g/mol. The molecule has 4 heteroatoms. The number of hydrogen-bond donors (Lipinski definition) is 0. The quantitative estimate of drug-likeness (QED) is 0.485. The van der Waals surface area contributed by atoms with Crippen molar-refractivity contribution >= 4 is 23.2 Å². The highest BCUT2D eigenvalue weighted by atomic mass is 35.5. The minimum atomic E-state index is 0.147. The van der Waals surface area contributed by atoms with Gasteiger partial charge in [-0.3, -0.25) is 0 Å². The molecular weight excluding hydrogens is 291 g/mol. The molecule has 0 fully saturated rings. The molecule has 0 spiro atoms. The van der Waals surface area contributed by atoms with Crippen molar-refractivity contribution in [2.24, 2.45) is 0 Å². The summed E-state index contributed by atoms with van der Waals surface area (Å²) < 4.78 is 0. The summed E-state index contributed by atoms with van der Waals surface area (Å²) in [6.07, 6.45) is 0. The standard InChI is InChI=1S/C16H10Cl2N2/c17-15-13(11-7-3-1-4-8-11)14(19-16(18)20-15)12-9-5-2-6-10-12/h1-10H. The van der Waals surface area contributed by atoms with Crippen LogP contribution in [0.1, 0.15) is 0 Å². The number of aromatic nitrogens is 2. The highest BCUT2D eigenvalue weighted by molar-refractivity contribution is 6.34. The number of hydrogen-bond acceptors (Lipinski definition) is 2. The Kier molecular flexibility index (Phi) is 3.68. The molecule has 98 valence electrons. The Morgan fingerprint density at radius 2 is 1.20 bits per heavy atom. The molecule has 20 heavy (non-hydrogen) atoms. The fraction of sp³-hybridized carbons (Fsp3) is 0. The molecule has 3 aromatic rings. The van der Waals surface area contributed by atoms with Crippen molar-refractivity contribution in [1.82, 2.24) is 9.97 Å². The SMILES string of the molecule is Clc1nc(Cl)c(-c2ccccc2)c(-c2ccccc2)n1. The molecule has 0 saturated heterocycles. The third kappa shape index (κ3) is 2.53. The smallest absolute Gasteiger partial charge is 0.217 e. The molecule has 0 aliphatic heterocycles. The summed E-state index contributed by atoms with van der Waals surface area (Å²) in [5, 5.41) is 0.503. The first-order valence-electron chi connectivity index (χ1n) is 6.09. The second-order valence-electron chi connectivity index (χ2n) is 4.24. The van der Waals surface area contributed by atoms with Crippen molar-refractivity contribution in [3.63, 3.8) is 0 Å². The summed E-state index contributed by atoms with van der Waals surface area (Å²) in [4.78, 5) is 8.41. The van der Waals surface area contributed by atoms with Gasteiger partial charge < -0.3 is 0 Å². The van der Waals surface area contributed by atoms with Crippen LogP contribution in [0.3, 0.4) is 0 Å². The van der Waals surface area contributed by atoms with E-state index in [9.17, 15) is 0 Å². The van der Waals surface area contributed by atoms with Crippen molar-refractivity contribution in [3.05, 3.63) is 71.1 Å². The molecule has 0 bridgehead atoms. The number of halogens is 2. The second-order valence-corrected chi connectivity index (χ2v) is 4.94. The summed E-state index contributed by atoms with van der Waals surface area (Å²) in [6, 6.07) is 19.6. The van der Waals surface area contributed by atoms with Gasteiger partial charge in [-0.05, 0) is 17.2 Å². The molecule has 0 aliphatic carbocycles. The van der Waals surface area contributed by atoms with Crippen LogP contribution in [-0.2, 0) is 0 Å². The van der Waals surface area contributed by atoms with Crippen LogP contribution in [0.4, 0.5) is 0 Å². The van der Waals surface area contributed by atoms with Crippen LogP contribution in [0.2, 0.25) is 10.4 Å². The Labute approximate surface area is 127 Å². The van der Waals surface area contributed by atoms with Crippen LogP contribution < -0.4 is 0 Å². The molecule has 1 heterocycles. The first-order chi connectivity index (χ1) is 9.75. The zero-order chi connectivity index (χ0) is 13.9. The number of rotatable bonds is 2. The lowest BCUT2D eigenvalue weighted by molar-refractivity contribution is 1.17. The lowest BCUT2D eigenvalue weighted by Gasteiger charge is -2.11. The predicted octanol–water partition coefficient (Wildman–Crippen LogP) is 5.12. The highest BCUT2D eigenvalue weighted by Gasteiger charge is 2.15. The maximum atomic E-state index is 6.28. The van der Waals surface area contributed by atoms with E-state index < -0.39 is 0 Å². The minimum Gasteiger partial charge on any atom is -0.217 e. The van der Waals surface area contributed by atoms with Gasteiger partial charge in [0.15, 0.2) is 0 Å². The van der Waals surface area contributed by atoms with Crippen LogP contribution in [-0.4, -0.2) is 9.97 Å². The van der Waals surface area contributed by atoms with Crippen molar-refractivity contribution in [3.8, 4) is 22.4 Å². The maximum absolute atomic E-state index is 6.28. The molecule has 0 unspecified atom stereocenters. The molecule has 0 aliphatic rings. The van der Waals surface area contributed by atoms with Crippen LogP contribution in [0, 0.1) is 0 Å². The maximum Gasteiger partial charge on any atom is 0.224 e. The van der Waals surface area contributed by atoms with E-state index in [2.05, 4.69) is 9.97 Å². The van der Waals surface area contributed by atoms with Crippen LogP contribution in [0.15, 0.2) is 60.7 Å². The van der Waals surface area contributed by atoms with Crippen molar-refractivity contribution in [2.75, 3.05) is 0 Å². The Hall–Kier alpha value is -1.90. The zero-order valence-corrected chi connectivity index (χ0v) is 11.9. The fourth-order valence-electron chi connectivity index (χ4n) is 2.07. The van der Waals surface area contributed by atoms with E-state index in [4.69, 9.17) is 23.2 Å². The van der Waals surface area contributed by atoms with E-state index in [1.165, 1.54) is 0 Å². The van der Waals surface area contributed by atoms with E-state index in [-0.39, 0.29) is 5.28 Å². The molecule has 0 N–H and O–H groups in total. The van der Waals surface area contributed by atoms with Gasteiger partial charge in [0.05, 0.1) is 5.69 Å². The van der Waals surface area contributed by atoms with Gasteiger partial charge in [0, 0.05) is 11.1 Å². The number of benzene rings is 2. The first kappa shape index (κ1) is 13.1. The average Bonchev–Trinajstić information content (AvgIpc) is 2.48. The summed E-state index contributed by atoms with van der Waals surface area (Å²) in [5.74, 6) is 0. The highest BCUT2D eigenvalue weighted by Crippen LogP contribution is 2.35. The van der Waals surface area contributed by atoms with E-state index in [1.54, 1.807) is 0 Å². The van der Waals surface area contributed by atoms with E-state index in [0.717, 1.165) is 22.4 Å². The molecule has 1 aromatic heterocycles. The Balaban J connectivity index is 2.29. The molecule has 2 nitrogen and oxygen atoms in total. The van der Waals surface area contributed by atoms with E-state index in [1.807, 2.05) is 60.7 Å². The third-order valence-electron chi connectivity index (χ3n) is 2.95. The molecule has 0 atom stereocenters. The minimum absolute atomic E-state index is 0.147. The first-order valence-corrected chi connectivity index (χ1v) is 6.85. The second kappa shape index (κ2) is 5.61. The van der Waals surface area contributed by atoms with Gasteiger partial charge in [-0.1, -0.05) is 72.3 Å². The number of nitrogens with zero attached hydrogens (tertiary/aromatic N) is 2. The van der Waals surface area contributed by atoms with Gasteiger partial charge in [0.25, 0.3) is 0 Å². The topological polar surface area (TPSA) is 25.8 Å². The molecule has 3 rings (SSSR count). The van der Waals surface area contributed by atoms with Gasteiger partial charge in [-0.15, -0.1) is 0 Å². The van der Waals surface area contributed by atoms with Crippen LogP contribution in [0.25, 0.3) is 22.4 Å². The molecule has 0 radical (unpaired) electrons. The Morgan fingerprint density at radius 3 is 1.80 bits per heavy atom. The van der Waals surface area contributed by atoms with Crippen molar-refractivity contribution in [2.45, 2.75) is 0 Å². The van der Waals surface area contributed by atoms with Gasteiger partial charge in [-0.25, -0.2) is 9.97 Å². The van der Waals surface area contributed by atoms with Gasteiger partial charge in [-0.2, -0.15) is 0 Å². The van der Waals surface area contributed by atoms with Crippen LogP contribution in [0.5, 0.6) is 0 Å². The summed E-state index contributed by atoms with van der Waals surface area (Å²) >= 11 is 12.2. The summed E-state index contributed by atoms with van der Waals surface area (Å²) in [6.45, 7) is 0. The fourth-order valence-corrected chi connectivity index (χ4v) is 2.56. The molecule has 0 amide bonds. The monoisotopic (exact) mass is 300 g/mol. The zero-order valence-electron chi connectivity index (χ0n) is 10.4. The summed E-state index contributed by atoms with van der Waals surface area (Å²) in [5.41, 5.74) is 3.45. The van der Waals surface area contributed by atoms with Crippen LogP contribution >= 0.6 is 23.2 Å². The lowest BCUT2D eigenvalue weighted by atomic mass is 10.0. The van der Waals surface area contributed by atoms with Crippen molar-refractivity contribution in [1.29, 1.82) is 0 Å². The normalized spacial score (nSPS) is 10.5. The molecule has 0 saturated carbocycles. The Morgan fingerprint density at radius 1 is 0.650 bits per heavy atom. The van der Waals surface area contributed by atoms with Gasteiger partial charge in [0.1, 0.15) is 5.15 Å². The van der Waals surface area contributed by atoms with Gasteiger partial charge >= 0.3 is 0 Å². The largest absolute Gasteiger partial charge is 0.224 e. The summed E-state index contributed by atoms with van der Waals surface area (Å²) in [7, 11) is 0. The van der Waals surface area contributed by atoms with E-state index >= 15 is 0 Å².